The predicted octanol–water partition coefficient (Wildman–Crippen LogP) is 2.66. The fourth-order valence-corrected chi connectivity index (χ4v) is 4.01. The number of likely N-dealkylation sites (N-methyl/N-ethyl adjacent to an activating group) is 1. The topological polar surface area (TPSA) is 103 Å². The number of hydrogen-bond donors (Lipinski definition) is 2. The van der Waals surface area contributed by atoms with Gasteiger partial charge in [0.05, 0.1) is 27.6 Å². The van der Waals surface area contributed by atoms with Crippen molar-refractivity contribution >= 4 is 28.8 Å². The molecule has 0 aliphatic rings. The summed E-state index contributed by atoms with van der Waals surface area (Å²) >= 11 is 7.10. The summed E-state index contributed by atoms with van der Waals surface area (Å²) in [7, 11) is 1.84. The second-order valence-corrected chi connectivity index (χ2v) is 8.67. The van der Waals surface area contributed by atoms with Gasteiger partial charge in [-0.2, -0.15) is 0 Å². The molecule has 3 aromatic heterocycles. The van der Waals surface area contributed by atoms with Crippen LogP contribution in [0.1, 0.15) is 15.4 Å². The first-order valence-electron chi connectivity index (χ1n) is 10.1. The van der Waals surface area contributed by atoms with Crippen molar-refractivity contribution in [3.8, 4) is 17.1 Å². The van der Waals surface area contributed by atoms with Crippen LogP contribution in [0.25, 0.3) is 11.4 Å². The maximum Gasteiger partial charge on any atom is 0.261 e. The molecule has 11 heteroatoms. The number of halogens is 1. The van der Waals surface area contributed by atoms with Crippen molar-refractivity contribution in [3.05, 3.63) is 86.2 Å². The fraction of sp³-hybridized carbons (Fsp3) is 0.182. The number of aromatic nitrogens is 4. The summed E-state index contributed by atoms with van der Waals surface area (Å²) in [6, 6.07) is 13.8. The van der Waals surface area contributed by atoms with Gasteiger partial charge in [0.25, 0.3) is 11.5 Å². The normalized spacial score (nSPS) is 10.8. The lowest BCUT2D eigenvalue weighted by Gasteiger charge is -2.14. The van der Waals surface area contributed by atoms with Crippen LogP contribution in [-0.4, -0.2) is 45.7 Å². The maximum atomic E-state index is 12.2. The van der Waals surface area contributed by atoms with Crippen LogP contribution in [0.4, 0.5) is 0 Å². The van der Waals surface area contributed by atoms with Crippen molar-refractivity contribution in [3.63, 3.8) is 0 Å². The molecule has 33 heavy (non-hydrogen) atoms. The maximum absolute atomic E-state index is 12.2. The number of benzene rings is 1. The molecular formula is C22H21ClN6O3S. The summed E-state index contributed by atoms with van der Waals surface area (Å²) in [5, 5.41) is 14.2. The van der Waals surface area contributed by atoms with E-state index in [2.05, 4.69) is 20.9 Å². The van der Waals surface area contributed by atoms with Crippen molar-refractivity contribution in [1.29, 1.82) is 0 Å². The van der Waals surface area contributed by atoms with Gasteiger partial charge in [-0.25, -0.2) is 4.68 Å². The molecule has 0 aliphatic carbocycles. The molecule has 0 atom stereocenters. The molecule has 0 radical (unpaired) electrons. The van der Waals surface area contributed by atoms with E-state index in [9.17, 15) is 9.59 Å². The van der Waals surface area contributed by atoms with Gasteiger partial charge in [0.2, 0.25) is 0 Å². The number of hydrogen-bond acceptors (Lipinski definition) is 7. The highest BCUT2D eigenvalue weighted by atomic mass is 35.5. The zero-order chi connectivity index (χ0) is 23.2. The Labute approximate surface area is 198 Å². The third-order valence-electron chi connectivity index (χ3n) is 4.67. The number of amides is 1. The van der Waals surface area contributed by atoms with Gasteiger partial charge in [0.1, 0.15) is 23.7 Å². The van der Waals surface area contributed by atoms with Gasteiger partial charge < -0.3 is 15.4 Å². The van der Waals surface area contributed by atoms with Gasteiger partial charge in [-0.3, -0.25) is 14.2 Å². The van der Waals surface area contributed by atoms with E-state index in [-0.39, 0.29) is 18.0 Å². The summed E-state index contributed by atoms with van der Waals surface area (Å²) < 4.78 is 9.62. The number of carbonyl (C=O) groups excluding carboxylic acids is 1. The molecule has 0 saturated heterocycles. The van der Waals surface area contributed by atoms with E-state index in [0.717, 1.165) is 0 Å². The highest BCUT2D eigenvalue weighted by Crippen LogP contribution is 2.26. The van der Waals surface area contributed by atoms with E-state index in [4.69, 9.17) is 16.3 Å². The minimum absolute atomic E-state index is 0.141. The van der Waals surface area contributed by atoms with Crippen LogP contribution in [-0.2, 0) is 6.54 Å². The third-order valence-corrected chi connectivity index (χ3v) is 5.90. The smallest absolute Gasteiger partial charge is 0.261 e. The average molecular weight is 485 g/mol. The summed E-state index contributed by atoms with van der Waals surface area (Å²) in [6.45, 7) is 1.29. The quantitative estimate of drug-likeness (QED) is 0.354. The minimum Gasteiger partial charge on any atom is -0.490 e. The fourth-order valence-electron chi connectivity index (χ4n) is 3.05. The summed E-state index contributed by atoms with van der Waals surface area (Å²) in [6.07, 6.45) is 3.42. The molecule has 4 rings (SSSR count). The average Bonchev–Trinajstić information content (AvgIpc) is 3.47. The SMILES string of the molecule is CNCCOc1cc(-n2ccccc2=O)ccc1-n1cc(CNC(=O)c2ccc(Cl)s2)nn1. The molecule has 0 spiro atoms. The van der Waals surface area contributed by atoms with Crippen LogP contribution in [0.5, 0.6) is 5.75 Å². The monoisotopic (exact) mass is 484 g/mol. The highest BCUT2D eigenvalue weighted by Gasteiger charge is 2.13. The minimum atomic E-state index is -0.227. The van der Waals surface area contributed by atoms with Gasteiger partial charge >= 0.3 is 0 Å². The first-order valence-corrected chi connectivity index (χ1v) is 11.3. The highest BCUT2D eigenvalue weighted by molar-refractivity contribution is 7.17. The number of ether oxygens (including phenoxy) is 1. The molecule has 0 fully saturated rings. The number of nitrogens with zero attached hydrogens (tertiary/aromatic N) is 4. The molecule has 0 aliphatic heterocycles. The van der Waals surface area contributed by atoms with E-state index in [1.165, 1.54) is 22.0 Å². The molecule has 2 N–H and O–H groups in total. The summed E-state index contributed by atoms with van der Waals surface area (Å²) in [5.41, 5.74) is 1.77. The van der Waals surface area contributed by atoms with Crippen LogP contribution in [0.15, 0.2) is 65.7 Å². The largest absolute Gasteiger partial charge is 0.490 e. The van der Waals surface area contributed by atoms with E-state index in [1.807, 2.05) is 19.2 Å². The van der Waals surface area contributed by atoms with Crippen molar-refractivity contribution in [1.82, 2.24) is 30.2 Å². The Balaban J connectivity index is 1.56. The van der Waals surface area contributed by atoms with Crippen LogP contribution in [0, 0.1) is 0 Å². The van der Waals surface area contributed by atoms with Crippen LogP contribution < -0.4 is 20.9 Å². The Bertz CT molecular complexity index is 1320. The van der Waals surface area contributed by atoms with Gasteiger partial charge in [0, 0.05) is 24.9 Å². The molecule has 0 saturated carbocycles. The summed E-state index contributed by atoms with van der Waals surface area (Å²) in [4.78, 5) is 25.0. The Hall–Kier alpha value is -3.47. The molecule has 1 amide bonds. The van der Waals surface area contributed by atoms with Crippen LogP contribution in [0.3, 0.4) is 0 Å². The van der Waals surface area contributed by atoms with Crippen molar-refractivity contribution in [2.24, 2.45) is 0 Å². The second-order valence-electron chi connectivity index (χ2n) is 6.95. The van der Waals surface area contributed by atoms with Gasteiger partial charge in [-0.15, -0.1) is 16.4 Å². The molecule has 0 bridgehead atoms. The Kier molecular flexibility index (Phi) is 7.18. The molecule has 1 aromatic carbocycles. The van der Waals surface area contributed by atoms with Crippen molar-refractivity contribution in [2.45, 2.75) is 6.54 Å². The lowest BCUT2D eigenvalue weighted by Crippen LogP contribution is -2.21. The Morgan fingerprint density at radius 1 is 1.21 bits per heavy atom. The number of nitrogens with one attached hydrogen (secondary N) is 2. The molecule has 4 aromatic rings. The van der Waals surface area contributed by atoms with Gasteiger partial charge in [-0.1, -0.05) is 22.9 Å². The van der Waals surface area contributed by atoms with E-state index in [1.54, 1.807) is 47.4 Å². The second kappa shape index (κ2) is 10.4. The Morgan fingerprint density at radius 2 is 2.09 bits per heavy atom. The van der Waals surface area contributed by atoms with Crippen molar-refractivity contribution < 1.29 is 9.53 Å². The molecule has 9 nitrogen and oxygen atoms in total. The van der Waals surface area contributed by atoms with Gasteiger partial charge in [0.15, 0.2) is 0 Å². The lowest BCUT2D eigenvalue weighted by molar-refractivity contribution is 0.0954. The predicted molar refractivity (Wildman–Crippen MR) is 127 cm³/mol. The van der Waals surface area contributed by atoms with E-state index >= 15 is 0 Å². The number of pyridine rings is 1. The van der Waals surface area contributed by atoms with Crippen LogP contribution in [0.2, 0.25) is 4.34 Å². The van der Waals surface area contributed by atoms with E-state index < -0.39 is 0 Å². The zero-order valence-corrected chi connectivity index (χ0v) is 19.3. The number of carbonyl (C=O) groups is 1. The van der Waals surface area contributed by atoms with Gasteiger partial charge in [-0.05, 0) is 37.4 Å². The molecular weight excluding hydrogens is 464 g/mol. The first kappa shape index (κ1) is 22.7. The molecule has 3 heterocycles. The number of thiophene rings is 1. The first-order chi connectivity index (χ1) is 16.0. The third kappa shape index (κ3) is 5.48. The molecule has 170 valence electrons. The summed E-state index contributed by atoms with van der Waals surface area (Å²) in [5.74, 6) is 0.322. The standard InChI is InChI=1S/C22H21ClN6O3S/c1-24-9-11-32-18-12-16(28-10-3-2-4-21(28)30)5-6-17(18)29-14-15(26-27-29)13-25-22(31)19-7-8-20(23)33-19/h2-8,10,12,14,24H,9,11,13H2,1H3,(H,25,31). The lowest BCUT2D eigenvalue weighted by atomic mass is 10.2. The number of rotatable bonds is 9. The zero-order valence-electron chi connectivity index (χ0n) is 17.7. The van der Waals surface area contributed by atoms with Crippen molar-refractivity contribution in [2.75, 3.05) is 20.2 Å². The van der Waals surface area contributed by atoms with E-state index in [0.29, 0.717) is 45.2 Å². The molecule has 0 unspecified atom stereocenters. The Morgan fingerprint density at radius 3 is 2.85 bits per heavy atom. The van der Waals surface area contributed by atoms with Crippen LogP contribution >= 0.6 is 22.9 Å².